The summed E-state index contributed by atoms with van der Waals surface area (Å²) in [6.07, 6.45) is 1.90. The Labute approximate surface area is 170 Å². The van der Waals surface area contributed by atoms with Crippen LogP contribution in [0.3, 0.4) is 0 Å². The molecule has 2 aliphatic rings. The van der Waals surface area contributed by atoms with Crippen molar-refractivity contribution in [3.05, 3.63) is 54.2 Å². The second kappa shape index (κ2) is 7.97. The van der Waals surface area contributed by atoms with E-state index in [1.54, 1.807) is 0 Å². The number of piperazine rings is 1. The summed E-state index contributed by atoms with van der Waals surface area (Å²) in [7, 11) is 0. The minimum Gasteiger partial charge on any atom is -0.381 e. The Kier molecular flexibility index (Phi) is 5.04. The highest BCUT2D eigenvalue weighted by molar-refractivity contribution is 5.86. The van der Waals surface area contributed by atoms with Crippen molar-refractivity contribution in [2.75, 3.05) is 32.8 Å². The number of ether oxygens (including phenoxy) is 1. The lowest BCUT2D eigenvalue weighted by molar-refractivity contribution is -0.141. The predicted octanol–water partition coefficient (Wildman–Crippen LogP) is 3.32. The zero-order valence-corrected chi connectivity index (χ0v) is 16.4. The van der Waals surface area contributed by atoms with Crippen LogP contribution in [-0.4, -0.2) is 59.8 Å². The Hall–Kier alpha value is -2.70. The van der Waals surface area contributed by atoms with Gasteiger partial charge in [0.2, 0.25) is 5.91 Å². The molecule has 29 heavy (non-hydrogen) atoms. The molecule has 3 heterocycles. The van der Waals surface area contributed by atoms with Crippen molar-refractivity contribution in [3.63, 3.8) is 0 Å². The van der Waals surface area contributed by atoms with Crippen molar-refractivity contribution in [3.8, 4) is 11.3 Å². The second-order valence-corrected chi connectivity index (χ2v) is 7.89. The van der Waals surface area contributed by atoms with E-state index in [1.807, 2.05) is 23.1 Å². The molecule has 0 aliphatic carbocycles. The largest absolute Gasteiger partial charge is 0.381 e. The van der Waals surface area contributed by atoms with Crippen molar-refractivity contribution in [1.82, 2.24) is 15.0 Å². The maximum Gasteiger partial charge on any atom is 0.237 e. The molecule has 2 aliphatic heterocycles. The fourth-order valence-electron chi connectivity index (χ4n) is 4.35. The number of rotatable bonds is 4. The molecular formula is C23H25N3O3. The first-order chi connectivity index (χ1) is 14.3. The first-order valence-corrected chi connectivity index (χ1v) is 10.3. The van der Waals surface area contributed by atoms with Crippen LogP contribution in [0.2, 0.25) is 0 Å². The number of carbonyl (C=O) groups excluding carboxylic acids is 1. The molecule has 3 aromatic rings. The van der Waals surface area contributed by atoms with E-state index < -0.39 is 0 Å². The maximum absolute atomic E-state index is 12.6. The summed E-state index contributed by atoms with van der Waals surface area (Å²) in [6.45, 7) is 4.23. The summed E-state index contributed by atoms with van der Waals surface area (Å²) in [6, 6.07) is 16.9. The lowest BCUT2D eigenvalue weighted by Gasteiger charge is -2.40. The Morgan fingerprint density at radius 3 is 2.66 bits per heavy atom. The van der Waals surface area contributed by atoms with E-state index in [4.69, 9.17) is 9.26 Å². The van der Waals surface area contributed by atoms with Crippen LogP contribution in [0, 0.1) is 0 Å². The van der Waals surface area contributed by atoms with Crippen LogP contribution in [0.4, 0.5) is 0 Å². The maximum atomic E-state index is 12.6. The molecule has 0 radical (unpaired) electrons. The van der Waals surface area contributed by atoms with Gasteiger partial charge >= 0.3 is 0 Å². The van der Waals surface area contributed by atoms with Gasteiger partial charge < -0.3 is 14.2 Å². The normalized spacial score (nSPS) is 19.2. The topological polar surface area (TPSA) is 58.8 Å². The summed E-state index contributed by atoms with van der Waals surface area (Å²) in [5, 5.41) is 6.63. The number of hydrogen-bond acceptors (Lipinski definition) is 5. The van der Waals surface area contributed by atoms with Crippen LogP contribution in [0.1, 0.15) is 18.5 Å². The standard InChI is InChI=1S/C23H25N3O3/c27-23-16-25(9-10-26(23)21-7-11-28-12-8-21)15-20-14-22(29-24-20)19-6-5-17-3-1-2-4-18(17)13-19/h1-6,13-14,21H,7-12,15-16H2. The van der Waals surface area contributed by atoms with Gasteiger partial charge in [0.15, 0.2) is 5.76 Å². The van der Waals surface area contributed by atoms with Gasteiger partial charge in [-0.1, -0.05) is 41.6 Å². The lowest BCUT2D eigenvalue weighted by atomic mass is 10.1. The molecule has 2 saturated heterocycles. The molecule has 1 aromatic heterocycles. The molecule has 2 aromatic carbocycles. The van der Waals surface area contributed by atoms with Crippen LogP contribution in [0.15, 0.2) is 53.1 Å². The smallest absolute Gasteiger partial charge is 0.237 e. The summed E-state index contributed by atoms with van der Waals surface area (Å²) in [5.74, 6) is 0.972. The third-order valence-electron chi connectivity index (χ3n) is 5.95. The fraction of sp³-hybridized carbons (Fsp3) is 0.391. The van der Waals surface area contributed by atoms with Gasteiger partial charge in [-0.2, -0.15) is 0 Å². The molecule has 5 rings (SSSR count). The van der Waals surface area contributed by atoms with Crippen molar-refractivity contribution >= 4 is 16.7 Å². The van der Waals surface area contributed by atoms with Crippen molar-refractivity contribution in [2.45, 2.75) is 25.4 Å². The molecule has 0 atom stereocenters. The summed E-state index contributed by atoms with van der Waals surface area (Å²) < 4.78 is 11.0. The van der Waals surface area contributed by atoms with Gasteiger partial charge in [-0.05, 0) is 29.7 Å². The molecule has 1 amide bonds. The van der Waals surface area contributed by atoms with Crippen LogP contribution in [0.5, 0.6) is 0 Å². The third kappa shape index (κ3) is 3.91. The Balaban J connectivity index is 1.24. The number of hydrogen-bond donors (Lipinski definition) is 0. The highest BCUT2D eigenvalue weighted by Gasteiger charge is 2.30. The molecule has 0 unspecified atom stereocenters. The molecule has 0 spiro atoms. The molecule has 6 nitrogen and oxygen atoms in total. The van der Waals surface area contributed by atoms with E-state index in [2.05, 4.69) is 40.4 Å². The minimum absolute atomic E-state index is 0.210. The van der Waals surface area contributed by atoms with Crippen LogP contribution >= 0.6 is 0 Å². The van der Waals surface area contributed by atoms with Crippen molar-refractivity contribution in [1.29, 1.82) is 0 Å². The molecule has 6 heteroatoms. The zero-order valence-electron chi connectivity index (χ0n) is 16.4. The predicted molar refractivity (Wildman–Crippen MR) is 110 cm³/mol. The highest BCUT2D eigenvalue weighted by atomic mass is 16.5. The van der Waals surface area contributed by atoms with E-state index in [0.29, 0.717) is 19.1 Å². The van der Waals surface area contributed by atoms with Gasteiger partial charge in [0.1, 0.15) is 0 Å². The molecule has 0 saturated carbocycles. The van der Waals surface area contributed by atoms with E-state index in [-0.39, 0.29) is 5.91 Å². The molecular weight excluding hydrogens is 366 g/mol. The molecule has 2 fully saturated rings. The average molecular weight is 391 g/mol. The minimum atomic E-state index is 0.210. The van der Waals surface area contributed by atoms with E-state index >= 15 is 0 Å². The number of fused-ring (bicyclic) bond motifs is 1. The third-order valence-corrected chi connectivity index (χ3v) is 5.95. The van der Waals surface area contributed by atoms with Crippen molar-refractivity contribution < 1.29 is 14.1 Å². The monoisotopic (exact) mass is 391 g/mol. The van der Waals surface area contributed by atoms with Crippen molar-refractivity contribution in [2.24, 2.45) is 0 Å². The molecule has 0 bridgehead atoms. The van der Waals surface area contributed by atoms with Gasteiger partial charge in [-0.15, -0.1) is 0 Å². The van der Waals surface area contributed by atoms with E-state index in [9.17, 15) is 4.79 Å². The number of aromatic nitrogens is 1. The first kappa shape index (κ1) is 18.3. The second-order valence-electron chi connectivity index (χ2n) is 7.89. The summed E-state index contributed by atoms with van der Waals surface area (Å²) in [5.41, 5.74) is 1.88. The number of nitrogens with zero attached hydrogens (tertiary/aromatic N) is 3. The lowest BCUT2D eigenvalue weighted by Crippen LogP contribution is -2.54. The molecule has 150 valence electrons. The van der Waals surface area contributed by atoms with Gasteiger partial charge in [0.25, 0.3) is 0 Å². The summed E-state index contributed by atoms with van der Waals surface area (Å²) in [4.78, 5) is 16.8. The number of amides is 1. The van der Waals surface area contributed by atoms with Gasteiger partial charge in [-0.25, -0.2) is 0 Å². The van der Waals surface area contributed by atoms with E-state index in [1.165, 1.54) is 10.8 Å². The summed E-state index contributed by atoms with van der Waals surface area (Å²) >= 11 is 0. The van der Waals surface area contributed by atoms with Crippen LogP contribution in [-0.2, 0) is 16.1 Å². The Morgan fingerprint density at radius 1 is 1.00 bits per heavy atom. The average Bonchev–Trinajstić information content (AvgIpc) is 3.22. The fourth-order valence-corrected chi connectivity index (χ4v) is 4.35. The van der Waals surface area contributed by atoms with Crippen LogP contribution < -0.4 is 0 Å². The highest BCUT2D eigenvalue weighted by Crippen LogP contribution is 2.26. The Morgan fingerprint density at radius 2 is 1.83 bits per heavy atom. The SMILES string of the molecule is O=C1CN(Cc2cc(-c3ccc4ccccc4c3)on2)CCN1C1CCOCC1. The van der Waals surface area contributed by atoms with Gasteiger partial charge in [-0.3, -0.25) is 9.69 Å². The van der Waals surface area contributed by atoms with Gasteiger partial charge in [0, 0.05) is 50.5 Å². The number of carbonyl (C=O) groups is 1. The molecule has 0 N–H and O–H groups in total. The van der Waals surface area contributed by atoms with Gasteiger partial charge in [0.05, 0.1) is 12.2 Å². The quantitative estimate of drug-likeness (QED) is 0.683. The first-order valence-electron chi connectivity index (χ1n) is 10.3. The van der Waals surface area contributed by atoms with E-state index in [0.717, 1.165) is 56.2 Å². The van der Waals surface area contributed by atoms with Crippen LogP contribution in [0.25, 0.3) is 22.1 Å². The number of benzene rings is 2. The zero-order chi connectivity index (χ0) is 19.6. The Bertz CT molecular complexity index is 1010.